The maximum absolute atomic E-state index is 4.13. The highest BCUT2D eigenvalue weighted by atomic mass is 14.8. The van der Waals surface area contributed by atoms with Crippen LogP contribution in [0.1, 0.15) is 5.69 Å². The SMILES string of the molecule is C1=CC(c2ccncn2)=CNC1. The summed E-state index contributed by atoms with van der Waals surface area (Å²) in [5.41, 5.74) is 2.05. The third-order valence-electron chi connectivity index (χ3n) is 1.67. The summed E-state index contributed by atoms with van der Waals surface area (Å²) in [7, 11) is 0. The summed E-state index contributed by atoms with van der Waals surface area (Å²) < 4.78 is 0. The molecule has 0 saturated carbocycles. The fraction of sp³-hybridized carbons (Fsp3) is 0.111. The maximum Gasteiger partial charge on any atom is 0.116 e. The van der Waals surface area contributed by atoms with Crippen molar-refractivity contribution in [1.29, 1.82) is 0 Å². The van der Waals surface area contributed by atoms with Crippen LogP contribution in [-0.4, -0.2) is 16.5 Å². The third-order valence-corrected chi connectivity index (χ3v) is 1.67. The Kier molecular flexibility index (Phi) is 1.86. The number of rotatable bonds is 1. The molecule has 0 unspecified atom stereocenters. The smallest absolute Gasteiger partial charge is 0.116 e. The Bertz CT molecular complexity index is 314. The predicted molar refractivity (Wildman–Crippen MR) is 47.2 cm³/mol. The zero-order valence-electron chi connectivity index (χ0n) is 6.57. The van der Waals surface area contributed by atoms with Crippen LogP contribution in [0, 0.1) is 0 Å². The molecule has 1 aromatic heterocycles. The van der Waals surface area contributed by atoms with Crippen LogP contribution in [0.15, 0.2) is 36.9 Å². The molecule has 2 rings (SSSR count). The molecule has 0 amide bonds. The molecule has 0 radical (unpaired) electrons. The van der Waals surface area contributed by atoms with E-state index in [1.165, 1.54) is 0 Å². The predicted octanol–water partition coefficient (Wildman–Crippen LogP) is 0.977. The van der Waals surface area contributed by atoms with Gasteiger partial charge in [0.1, 0.15) is 6.33 Å². The molecular formula is C9H9N3. The summed E-state index contributed by atoms with van der Waals surface area (Å²) in [6.07, 6.45) is 9.38. The van der Waals surface area contributed by atoms with Crippen molar-refractivity contribution in [3.8, 4) is 0 Å². The summed E-state index contributed by atoms with van der Waals surface area (Å²) in [5.74, 6) is 0. The van der Waals surface area contributed by atoms with Crippen molar-refractivity contribution in [3.05, 3.63) is 42.6 Å². The second-order valence-corrected chi connectivity index (χ2v) is 2.50. The van der Waals surface area contributed by atoms with Gasteiger partial charge in [-0.15, -0.1) is 0 Å². The number of allylic oxidation sites excluding steroid dienone is 2. The number of aromatic nitrogens is 2. The van der Waals surface area contributed by atoms with Crippen LogP contribution >= 0.6 is 0 Å². The van der Waals surface area contributed by atoms with E-state index in [2.05, 4.69) is 27.4 Å². The molecule has 1 aliphatic rings. The van der Waals surface area contributed by atoms with E-state index in [1.807, 2.05) is 12.3 Å². The van der Waals surface area contributed by atoms with E-state index < -0.39 is 0 Å². The van der Waals surface area contributed by atoms with E-state index >= 15 is 0 Å². The first-order valence-electron chi connectivity index (χ1n) is 3.83. The molecule has 0 aliphatic carbocycles. The number of nitrogens with one attached hydrogen (secondary N) is 1. The standard InChI is InChI=1S/C9H9N3/c1-2-8(6-10-4-1)9-3-5-11-7-12-9/h1-3,5-7,10H,4H2. The van der Waals surface area contributed by atoms with Crippen molar-refractivity contribution in [2.45, 2.75) is 0 Å². The van der Waals surface area contributed by atoms with E-state index in [9.17, 15) is 0 Å². The summed E-state index contributed by atoms with van der Waals surface area (Å²) in [5, 5.41) is 3.12. The van der Waals surface area contributed by atoms with Gasteiger partial charge in [-0.2, -0.15) is 0 Å². The Morgan fingerprint density at radius 1 is 1.42 bits per heavy atom. The van der Waals surface area contributed by atoms with Gasteiger partial charge in [-0.05, 0) is 6.07 Å². The van der Waals surface area contributed by atoms with Crippen LogP contribution in [0.25, 0.3) is 5.57 Å². The quantitative estimate of drug-likeness (QED) is 0.663. The van der Waals surface area contributed by atoms with E-state index in [0.717, 1.165) is 17.8 Å². The lowest BCUT2D eigenvalue weighted by Gasteiger charge is -2.06. The number of nitrogens with zero attached hydrogens (tertiary/aromatic N) is 2. The molecule has 3 nitrogen and oxygen atoms in total. The van der Waals surface area contributed by atoms with Gasteiger partial charge in [0.15, 0.2) is 0 Å². The molecular weight excluding hydrogens is 150 g/mol. The lowest BCUT2D eigenvalue weighted by molar-refractivity contribution is 0.973. The first-order valence-corrected chi connectivity index (χ1v) is 3.83. The summed E-state index contributed by atoms with van der Waals surface area (Å²) in [4.78, 5) is 7.99. The van der Waals surface area contributed by atoms with Crippen molar-refractivity contribution in [3.63, 3.8) is 0 Å². The van der Waals surface area contributed by atoms with Gasteiger partial charge >= 0.3 is 0 Å². The molecule has 1 aromatic rings. The minimum atomic E-state index is 0.897. The Balaban J connectivity index is 2.31. The minimum absolute atomic E-state index is 0.897. The van der Waals surface area contributed by atoms with Gasteiger partial charge in [0.25, 0.3) is 0 Å². The Morgan fingerprint density at radius 3 is 3.08 bits per heavy atom. The zero-order valence-corrected chi connectivity index (χ0v) is 6.57. The highest BCUT2D eigenvalue weighted by Gasteiger charge is 1.99. The lowest BCUT2D eigenvalue weighted by Crippen LogP contribution is -2.09. The average Bonchev–Trinajstić information content (AvgIpc) is 2.21. The van der Waals surface area contributed by atoms with E-state index in [4.69, 9.17) is 0 Å². The molecule has 2 heterocycles. The number of dihydropyridines is 1. The van der Waals surface area contributed by atoms with Gasteiger partial charge in [0.05, 0.1) is 5.69 Å². The van der Waals surface area contributed by atoms with Gasteiger partial charge in [0.2, 0.25) is 0 Å². The first kappa shape index (κ1) is 7.03. The normalized spacial score (nSPS) is 15.2. The largest absolute Gasteiger partial charge is 0.387 e. The van der Waals surface area contributed by atoms with Crippen LogP contribution in [0.2, 0.25) is 0 Å². The maximum atomic E-state index is 4.13. The van der Waals surface area contributed by atoms with Crippen molar-refractivity contribution in [2.24, 2.45) is 0 Å². The highest BCUT2D eigenvalue weighted by molar-refractivity contribution is 5.71. The summed E-state index contributed by atoms with van der Waals surface area (Å²) in [6.45, 7) is 0.897. The van der Waals surface area contributed by atoms with E-state index in [1.54, 1.807) is 12.5 Å². The lowest BCUT2D eigenvalue weighted by atomic mass is 10.1. The van der Waals surface area contributed by atoms with Crippen LogP contribution in [0.4, 0.5) is 0 Å². The second kappa shape index (κ2) is 3.17. The monoisotopic (exact) mass is 159 g/mol. The number of hydrogen-bond donors (Lipinski definition) is 1. The van der Waals surface area contributed by atoms with Gasteiger partial charge in [-0.25, -0.2) is 9.97 Å². The molecule has 12 heavy (non-hydrogen) atoms. The minimum Gasteiger partial charge on any atom is -0.387 e. The third kappa shape index (κ3) is 1.34. The van der Waals surface area contributed by atoms with Crippen molar-refractivity contribution in [1.82, 2.24) is 15.3 Å². The molecule has 0 aromatic carbocycles. The van der Waals surface area contributed by atoms with Gasteiger partial charge < -0.3 is 5.32 Å². The molecule has 0 spiro atoms. The second-order valence-electron chi connectivity index (χ2n) is 2.50. The molecule has 0 bridgehead atoms. The van der Waals surface area contributed by atoms with Crippen molar-refractivity contribution >= 4 is 5.57 Å². The summed E-state index contributed by atoms with van der Waals surface area (Å²) in [6, 6.07) is 1.89. The number of hydrogen-bond acceptors (Lipinski definition) is 3. The first-order chi connectivity index (χ1) is 5.97. The topological polar surface area (TPSA) is 37.8 Å². The molecule has 1 N–H and O–H groups in total. The van der Waals surface area contributed by atoms with Crippen LogP contribution in [0.3, 0.4) is 0 Å². The molecule has 1 aliphatic heterocycles. The summed E-state index contributed by atoms with van der Waals surface area (Å²) >= 11 is 0. The molecule has 0 saturated heterocycles. The van der Waals surface area contributed by atoms with Crippen molar-refractivity contribution in [2.75, 3.05) is 6.54 Å². The molecule has 0 atom stereocenters. The van der Waals surface area contributed by atoms with Crippen LogP contribution in [-0.2, 0) is 0 Å². The van der Waals surface area contributed by atoms with Gasteiger partial charge in [-0.3, -0.25) is 0 Å². The van der Waals surface area contributed by atoms with Gasteiger partial charge in [-0.1, -0.05) is 12.2 Å². The van der Waals surface area contributed by atoms with Crippen LogP contribution in [0.5, 0.6) is 0 Å². The van der Waals surface area contributed by atoms with Crippen LogP contribution < -0.4 is 5.32 Å². The molecule has 3 heteroatoms. The Labute approximate surface area is 70.9 Å². The zero-order chi connectivity index (χ0) is 8.23. The molecule has 0 fully saturated rings. The van der Waals surface area contributed by atoms with Crippen molar-refractivity contribution < 1.29 is 0 Å². The Morgan fingerprint density at radius 2 is 2.42 bits per heavy atom. The average molecular weight is 159 g/mol. The van der Waals surface area contributed by atoms with Gasteiger partial charge in [0, 0.05) is 24.5 Å². The van der Waals surface area contributed by atoms with E-state index in [-0.39, 0.29) is 0 Å². The Hall–Kier alpha value is -1.64. The molecule has 60 valence electrons. The van der Waals surface area contributed by atoms with E-state index in [0.29, 0.717) is 0 Å². The fourth-order valence-electron chi connectivity index (χ4n) is 1.09. The highest BCUT2D eigenvalue weighted by Crippen LogP contribution is 2.12. The fourth-order valence-corrected chi connectivity index (χ4v) is 1.09.